The smallest absolute Gasteiger partial charge is 0.139 e. The Morgan fingerprint density at radius 3 is 2.68 bits per heavy atom. The van der Waals surface area contributed by atoms with Gasteiger partial charge in [-0.05, 0) is 46.5 Å². The van der Waals surface area contributed by atoms with E-state index in [4.69, 9.17) is 10.5 Å². The third-order valence-corrected chi connectivity index (χ3v) is 4.39. The molecule has 0 heterocycles. The SMILES string of the molecule is COc1ccc(CC(=O)CC2(N)CCCC2)cc1Br. The molecule has 2 rings (SSSR count). The second kappa shape index (κ2) is 6.06. The molecule has 0 saturated heterocycles. The van der Waals surface area contributed by atoms with Crippen molar-refractivity contribution in [2.45, 2.75) is 44.1 Å². The lowest BCUT2D eigenvalue weighted by Crippen LogP contribution is -2.39. The first kappa shape index (κ1) is 14.5. The van der Waals surface area contributed by atoms with Gasteiger partial charge >= 0.3 is 0 Å². The zero-order chi connectivity index (χ0) is 13.9. The average Bonchev–Trinajstić information content (AvgIpc) is 2.75. The molecule has 0 aliphatic heterocycles. The number of ether oxygens (including phenoxy) is 1. The van der Waals surface area contributed by atoms with E-state index in [0.717, 1.165) is 41.5 Å². The number of carbonyl (C=O) groups excluding carboxylic acids is 1. The monoisotopic (exact) mass is 325 g/mol. The molecular formula is C15H20BrNO2. The van der Waals surface area contributed by atoms with Gasteiger partial charge in [-0.3, -0.25) is 4.79 Å². The Balaban J connectivity index is 1.97. The molecule has 2 N–H and O–H groups in total. The van der Waals surface area contributed by atoms with Gasteiger partial charge in [-0.2, -0.15) is 0 Å². The largest absolute Gasteiger partial charge is 0.496 e. The molecule has 0 aromatic heterocycles. The van der Waals surface area contributed by atoms with E-state index >= 15 is 0 Å². The van der Waals surface area contributed by atoms with Gasteiger partial charge in [-0.1, -0.05) is 18.9 Å². The topological polar surface area (TPSA) is 52.3 Å². The van der Waals surface area contributed by atoms with Gasteiger partial charge in [0.15, 0.2) is 0 Å². The predicted octanol–water partition coefficient (Wildman–Crippen LogP) is 3.23. The van der Waals surface area contributed by atoms with Crippen LogP contribution in [0.25, 0.3) is 0 Å². The summed E-state index contributed by atoms with van der Waals surface area (Å²) in [5.74, 6) is 1.00. The molecule has 1 aliphatic rings. The first-order valence-electron chi connectivity index (χ1n) is 6.65. The molecule has 1 aromatic rings. The highest BCUT2D eigenvalue weighted by Gasteiger charge is 2.31. The van der Waals surface area contributed by atoms with Gasteiger partial charge in [0.2, 0.25) is 0 Å². The molecule has 0 amide bonds. The Hall–Kier alpha value is -0.870. The number of rotatable bonds is 5. The van der Waals surface area contributed by atoms with Gasteiger partial charge in [0.05, 0.1) is 11.6 Å². The van der Waals surface area contributed by atoms with Crippen molar-refractivity contribution in [3.8, 4) is 5.75 Å². The highest BCUT2D eigenvalue weighted by Crippen LogP contribution is 2.31. The second-order valence-electron chi connectivity index (χ2n) is 5.43. The van der Waals surface area contributed by atoms with Gasteiger partial charge in [0.25, 0.3) is 0 Å². The molecule has 0 bridgehead atoms. The first-order valence-corrected chi connectivity index (χ1v) is 7.45. The van der Waals surface area contributed by atoms with Crippen molar-refractivity contribution in [2.24, 2.45) is 5.73 Å². The average molecular weight is 326 g/mol. The fourth-order valence-electron chi connectivity index (χ4n) is 2.76. The molecule has 3 nitrogen and oxygen atoms in total. The number of hydrogen-bond acceptors (Lipinski definition) is 3. The van der Waals surface area contributed by atoms with Crippen LogP contribution in [0.1, 0.15) is 37.7 Å². The number of carbonyl (C=O) groups is 1. The lowest BCUT2D eigenvalue weighted by Gasteiger charge is -2.22. The van der Waals surface area contributed by atoms with Crippen LogP contribution in [0.3, 0.4) is 0 Å². The lowest BCUT2D eigenvalue weighted by molar-refractivity contribution is -0.119. The Kier molecular flexibility index (Phi) is 4.63. The van der Waals surface area contributed by atoms with Crippen LogP contribution >= 0.6 is 15.9 Å². The lowest BCUT2D eigenvalue weighted by atomic mass is 9.90. The summed E-state index contributed by atoms with van der Waals surface area (Å²) in [6, 6.07) is 5.74. The fraction of sp³-hybridized carbons (Fsp3) is 0.533. The third-order valence-electron chi connectivity index (χ3n) is 3.77. The maximum absolute atomic E-state index is 12.1. The Morgan fingerprint density at radius 2 is 2.11 bits per heavy atom. The minimum atomic E-state index is -0.249. The molecule has 1 aromatic carbocycles. The van der Waals surface area contributed by atoms with Crippen LogP contribution in [-0.4, -0.2) is 18.4 Å². The van der Waals surface area contributed by atoms with Crippen molar-refractivity contribution in [3.63, 3.8) is 0 Å². The van der Waals surface area contributed by atoms with Crippen molar-refractivity contribution >= 4 is 21.7 Å². The van der Waals surface area contributed by atoms with Crippen LogP contribution < -0.4 is 10.5 Å². The van der Waals surface area contributed by atoms with Crippen LogP contribution in [0.4, 0.5) is 0 Å². The van der Waals surface area contributed by atoms with E-state index < -0.39 is 0 Å². The predicted molar refractivity (Wildman–Crippen MR) is 79.4 cm³/mol. The highest BCUT2D eigenvalue weighted by atomic mass is 79.9. The summed E-state index contributed by atoms with van der Waals surface area (Å²) in [5.41, 5.74) is 6.99. The van der Waals surface area contributed by atoms with Gasteiger partial charge in [-0.25, -0.2) is 0 Å². The van der Waals surface area contributed by atoms with Crippen molar-refractivity contribution in [1.29, 1.82) is 0 Å². The molecule has 0 radical (unpaired) electrons. The normalized spacial score (nSPS) is 17.4. The Labute approximate surface area is 122 Å². The Morgan fingerprint density at radius 1 is 1.42 bits per heavy atom. The van der Waals surface area contributed by atoms with E-state index in [1.807, 2.05) is 18.2 Å². The minimum absolute atomic E-state index is 0.224. The number of benzene rings is 1. The molecule has 19 heavy (non-hydrogen) atoms. The standard InChI is InChI=1S/C15H20BrNO2/c1-19-14-5-4-11(9-13(14)16)8-12(18)10-15(17)6-2-3-7-15/h4-5,9H,2-3,6-8,10,17H2,1H3. The van der Waals surface area contributed by atoms with Crippen LogP contribution in [0, 0.1) is 0 Å². The third kappa shape index (κ3) is 3.80. The number of methoxy groups -OCH3 is 1. The number of ketones is 1. The zero-order valence-corrected chi connectivity index (χ0v) is 12.8. The summed E-state index contributed by atoms with van der Waals surface area (Å²) >= 11 is 3.43. The van der Waals surface area contributed by atoms with E-state index in [0.29, 0.717) is 12.8 Å². The quantitative estimate of drug-likeness (QED) is 0.904. The minimum Gasteiger partial charge on any atom is -0.496 e. The second-order valence-corrected chi connectivity index (χ2v) is 6.28. The van der Waals surface area contributed by atoms with Crippen molar-refractivity contribution in [3.05, 3.63) is 28.2 Å². The number of halogens is 1. The molecule has 1 fully saturated rings. The van der Waals surface area contributed by atoms with Crippen molar-refractivity contribution in [1.82, 2.24) is 0 Å². The van der Waals surface area contributed by atoms with E-state index in [-0.39, 0.29) is 11.3 Å². The maximum atomic E-state index is 12.1. The van der Waals surface area contributed by atoms with Gasteiger partial charge in [0, 0.05) is 18.4 Å². The van der Waals surface area contributed by atoms with Gasteiger partial charge < -0.3 is 10.5 Å². The molecule has 1 saturated carbocycles. The summed E-state index contributed by atoms with van der Waals surface area (Å²) < 4.78 is 6.06. The molecule has 0 spiro atoms. The van der Waals surface area contributed by atoms with E-state index in [1.165, 1.54) is 0 Å². The highest BCUT2D eigenvalue weighted by molar-refractivity contribution is 9.10. The van der Waals surface area contributed by atoms with Crippen LogP contribution in [0.2, 0.25) is 0 Å². The fourth-order valence-corrected chi connectivity index (χ4v) is 3.35. The molecular weight excluding hydrogens is 306 g/mol. The molecule has 4 heteroatoms. The van der Waals surface area contributed by atoms with E-state index in [9.17, 15) is 4.79 Å². The molecule has 0 unspecified atom stereocenters. The van der Waals surface area contributed by atoms with Crippen LogP contribution in [-0.2, 0) is 11.2 Å². The van der Waals surface area contributed by atoms with E-state index in [1.54, 1.807) is 7.11 Å². The number of nitrogens with two attached hydrogens (primary N) is 1. The summed E-state index contributed by atoms with van der Waals surface area (Å²) in [7, 11) is 1.63. The van der Waals surface area contributed by atoms with Crippen LogP contribution in [0.5, 0.6) is 5.75 Å². The van der Waals surface area contributed by atoms with Crippen molar-refractivity contribution in [2.75, 3.05) is 7.11 Å². The summed E-state index contributed by atoms with van der Waals surface area (Å²) in [4.78, 5) is 12.1. The van der Waals surface area contributed by atoms with Crippen molar-refractivity contribution < 1.29 is 9.53 Å². The van der Waals surface area contributed by atoms with Gasteiger partial charge in [-0.15, -0.1) is 0 Å². The zero-order valence-electron chi connectivity index (χ0n) is 11.2. The van der Waals surface area contributed by atoms with Crippen LogP contribution in [0.15, 0.2) is 22.7 Å². The maximum Gasteiger partial charge on any atom is 0.139 e. The number of Topliss-reactive ketones (excluding diaryl/α,β-unsaturated/α-hetero) is 1. The molecule has 1 aliphatic carbocycles. The van der Waals surface area contributed by atoms with Gasteiger partial charge in [0.1, 0.15) is 11.5 Å². The summed E-state index contributed by atoms with van der Waals surface area (Å²) in [5, 5.41) is 0. The number of hydrogen-bond donors (Lipinski definition) is 1. The summed E-state index contributed by atoms with van der Waals surface area (Å²) in [6.45, 7) is 0. The molecule has 0 atom stereocenters. The Bertz CT molecular complexity index is 467. The van der Waals surface area contributed by atoms with E-state index in [2.05, 4.69) is 15.9 Å². The molecule has 104 valence electrons. The first-order chi connectivity index (χ1) is 9.02. The summed E-state index contributed by atoms with van der Waals surface area (Å²) in [6.07, 6.45) is 5.20.